The van der Waals surface area contributed by atoms with Crippen molar-refractivity contribution in [2.24, 2.45) is 7.05 Å². The first-order valence-corrected chi connectivity index (χ1v) is 9.89. The highest BCUT2D eigenvalue weighted by Gasteiger charge is 2.36. The molecule has 0 unspecified atom stereocenters. The van der Waals surface area contributed by atoms with Crippen molar-refractivity contribution in [3.63, 3.8) is 0 Å². The molecule has 1 amide bonds. The summed E-state index contributed by atoms with van der Waals surface area (Å²) in [6.07, 6.45) is 1.93. The van der Waals surface area contributed by atoms with Crippen molar-refractivity contribution < 1.29 is 30.8 Å². The molecule has 2 rings (SSSR count). The van der Waals surface area contributed by atoms with Crippen LogP contribution in [0.4, 0.5) is 23.2 Å². The second-order valence-corrected chi connectivity index (χ2v) is 8.42. The van der Waals surface area contributed by atoms with Crippen molar-refractivity contribution in [3.8, 4) is 0 Å². The Hall–Kier alpha value is -1.99. The van der Waals surface area contributed by atoms with Crippen molar-refractivity contribution in [1.82, 2.24) is 14.3 Å². The first kappa shape index (κ1) is 22.3. The molecule has 0 fully saturated rings. The number of pyridine rings is 1. The molecule has 0 aliphatic heterocycles. The van der Waals surface area contributed by atoms with Gasteiger partial charge in [-0.05, 0) is 28.9 Å². The maximum Gasteiger partial charge on any atom is 0.275 e. The van der Waals surface area contributed by atoms with E-state index in [-0.39, 0.29) is 10.3 Å². The molecule has 28 heavy (non-hydrogen) atoms. The molecule has 1 atom stereocenters. The second kappa shape index (κ2) is 7.79. The fourth-order valence-electron chi connectivity index (χ4n) is 2.11. The van der Waals surface area contributed by atoms with Gasteiger partial charge >= 0.3 is 0 Å². The number of carbonyl (C=O) groups excluding carboxylic acids is 1. The Morgan fingerprint density at radius 1 is 1.32 bits per heavy atom. The summed E-state index contributed by atoms with van der Waals surface area (Å²) >= 11 is 2.82. The number of aromatic nitrogens is 2. The Kier molecular flexibility index (Phi) is 6.21. The van der Waals surface area contributed by atoms with Gasteiger partial charge in [0, 0.05) is 26.4 Å². The molecule has 2 N–H and O–H groups in total. The molecule has 0 aliphatic carbocycles. The van der Waals surface area contributed by atoms with Gasteiger partial charge in [-0.3, -0.25) is 4.79 Å². The van der Waals surface area contributed by atoms with Gasteiger partial charge in [-0.15, -0.1) is 0 Å². The van der Waals surface area contributed by atoms with E-state index in [1.54, 1.807) is 4.72 Å². The van der Waals surface area contributed by atoms with Crippen LogP contribution in [0.15, 0.2) is 28.0 Å². The monoisotopic (exact) mass is 486 g/mol. The molecule has 13 heteroatoms. The minimum atomic E-state index is -4.69. The standard InChI is InChI=1S/C15H15BrF4N4O3S/c1-7(15(2,19)20)23-28(26,27)9-6-24(3)12(11(9)18)14(25)22-8-4-5-21-13(16)10(8)17/h4-7,23H,1-3H3,(H,21,22,25)/t7-/m1/s1. The molecule has 7 nitrogen and oxygen atoms in total. The average molecular weight is 487 g/mol. The van der Waals surface area contributed by atoms with Crippen LogP contribution in [0.2, 0.25) is 0 Å². The lowest BCUT2D eigenvalue weighted by atomic mass is 10.2. The smallest absolute Gasteiger partial charge is 0.275 e. The maximum atomic E-state index is 14.7. The highest BCUT2D eigenvalue weighted by Crippen LogP contribution is 2.25. The van der Waals surface area contributed by atoms with Gasteiger partial charge < -0.3 is 9.88 Å². The van der Waals surface area contributed by atoms with Gasteiger partial charge in [0.15, 0.2) is 11.6 Å². The molecule has 0 bridgehead atoms. The maximum absolute atomic E-state index is 14.7. The van der Waals surface area contributed by atoms with Gasteiger partial charge in [-0.25, -0.2) is 35.7 Å². The van der Waals surface area contributed by atoms with Crippen molar-refractivity contribution in [3.05, 3.63) is 40.4 Å². The Morgan fingerprint density at radius 2 is 1.93 bits per heavy atom. The Bertz CT molecular complexity index is 1020. The summed E-state index contributed by atoms with van der Waals surface area (Å²) in [7, 11) is -3.52. The van der Waals surface area contributed by atoms with E-state index in [2.05, 4.69) is 26.2 Å². The van der Waals surface area contributed by atoms with Crippen molar-refractivity contribution in [2.75, 3.05) is 5.32 Å². The topological polar surface area (TPSA) is 93.1 Å². The van der Waals surface area contributed by atoms with Gasteiger partial charge in [0.2, 0.25) is 10.0 Å². The Morgan fingerprint density at radius 3 is 2.50 bits per heavy atom. The van der Waals surface area contributed by atoms with Gasteiger partial charge in [0.05, 0.1) is 11.7 Å². The zero-order valence-corrected chi connectivity index (χ0v) is 17.1. The van der Waals surface area contributed by atoms with Crippen LogP contribution in [0.5, 0.6) is 0 Å². The summed E-state index contributed by atoms with van der Waals surface area (Å²) in [5.74, 6) is -6.93. The van der Waals surface area contributed by atoms with Crippen molar-refractivity contribution >= 4 is 37.5 Å². The third-order valence-corrected chi connectivity index (χ3v) is 5.86. The molecule has 2 aromatic rings. The van der Waals surface area contributed by atoms with Crippen LogP contribution in [-0.2, 0) is 17.1 Å². The van der Waals surface area contributed by atoms with Crippen LogP contribution >= 0.6 is 15.9 Å². The third-order valence-electron chi connectivity index (χ3n) is 3.78. The van der Waals surface area contributed by atoms with E-state index in [9.17, 15) is 30.8 Å². The molecule has 0 radical (unpaired) electrons. The van der Waals surface area contributed by atoms with E-state index in [0.717, 1.165) is 23.8 Å². The van der Waals surface area contributed by atoms with Gasteiger partial charge in [0.1, 0.15) is 15.2 Å². The molecule has 154 valence electrons. The molecule has 0 saturated heterocycles. The number of rotatable bonds is 6. The second-order valence-electron chi connectivity index (χ2n) is 5.98. The number of nitrogens with one attached hydrogen (secondary N) is 2. The van der Waals surface area contributed by atoms with Crippen LogP contribution < -0.4 is 10.0 Å². The fourth-order valence-corrected chi connectivity index (χ4v) is 3.87. The fraction of sp³-hybridized carbons (Fsp3) is 0.333. The quantitative estimate of drug-likeness (QED) is 0.484. The summed E-state index contributed by atoms with van der Waals surface area (Å²) in [6.45, 7) is 1.41. The lowest BCUT2D eigenvalue weighted by Gasteiger charge is -2.20. The predicted molar refractivity (Wildman–Crippen MR) is 95.6 cm³/mol. The van der Waals surface area contributed by atoms with E-state index < -0.39 is 50.1 Å². The summed E-state index contributed by atoms with van der Waals surface area (Å²) in [5, 5.41) is 2.10. The van der Waals surface area contributed by atoms with E-state index in [4.69, 9.17) is 0 Å². The van der Waals surface area contributed by atoms with E-state index >= 15 is 0 Å². The van der Waals surface area contributed by atoms with Crippen LogP contribution in [0.3, 0.4) is 0 Å². The molecule has 0 saturated carbocycles. The number of amides is 1. The molecule has 2 heterocycles. The first-order valence-electron chi connectivity index (χ1n) is 7.62. The number of alkyl halides is 2. The Labute approximate surface area is 166 Å². The summed E-state index contributed by atoms with van der Waals surface area (Å²) < 4.78 is 81.9. The van der Waals surface area contributed by atoms with E-state index in [1.807, 2.05) is 0 Å². The molecular formula is C15H15BrF4N4O3S. The van der Waals surface area contributed by atoms with E-state index in [0.29, 0.717) is 6.92 Å². The van der Waals surface area contributed by atoms with Gasteiger partial charge in [-0.1, -0.05) is 0 Å². The van der Waals surface area contributed by atoms with Gasteiger partial charge in [0.25, 0.3) is 11.8 Å². The normalized spacial score (nSPS) is 13.4. The highest BCUT2D eigenvalue weighted by molar-refractivity contribution is 9.10. The predicted octanol–water partition coefficient (Wildman–Crippen LogP) is 3.04. The highest BCUT2D eigenvalue weighted by atomic mass is 79.9. The third kappa shape index (κ3) is 4.52. The Balaban J connectivity index is 2.38. The molecule has 0 aliphatic rings. The zero-order valence-electron chi connectivity index (χ0n) is 14.7. The summed E-state index contributed by atoms with van der Waals surface area (Å²) in [6, 6.07) is -0.707. The van der Waals surface area contributed by atoms with Crippen LogP contribution in [0.25, 0.3) is 0 Å². The number of sulfonamides is 1. The molecule has 0 aromatic carbocycles. The van der Waals surface area contributed by atoms with E-state index in [1.165, 1.54) is 13.2 Å². The van der Waals surface area contributed by atoms with Crippen molar-refractivity contribution in [1.29, 1.82) is 0 Å². The van der Waals surface area contributed by atoms with Crippen molar-refractivity contribution in [2.45, 2.75) is 30.7 Å². The number of hydrogen-bond donors (Lipinski definition) is 2. The number of carbonyl (C=O) groups is 1. The SMILES string of the molecule is C[C@@H](NS(=O)(=O)c1cn(C)c(C(=O)Nc2ccnc(Br)c2F)c1F)C(C)(F)F. The molecule has 2 aromatic heterocycles. The van der Waals surface area contributed by atoms with Crippen LogP contribution in [0.1, 0.15) is 24.3 Å². The first-order chi connectivity index (χ1) is 12.8. The number of aryl methyl sites for hydroxylation is 1. The largest absolute Gasteiger partial charge is 0.343 e. The molecule has 0 spiro atoms. The lowest BCUT2D eigenvalue weighted by molar-refractivity contribution is -0.00490. The molecular weight excluding hydrogens is 472 g/mol. The number of hydrogen-bond acceptors (Lipinski definition) is 4. The summed E-state index contributed by atoms with van der Waals surface area (Å²) in [4.78, 5) is 14.9. The van der Waals surface area contributed by atoms with Crippen LogP contribution in [0, 0.1) is 11.6 Å². The number of nitrogens with zero attached hydrogens (tertiary/aromatic N) is 2. The van der Waals surface area contributed by atoms with Gasteiger partial charge in [-0.2, -0.15) is 0 Å². The minimum Gasteiger partial charge on any atom is -0.343 e. The number of halogens is 5. The lowest BCUT2D eigenvalue weighted by Crippen LogP contribution is -2.43. The minimum absolute atomic E-state index is 0.195. The number of anilines is 1. The summed E-state index contributed by atoms with van der Waals surface area (Å²) in [5.41, 5.74) is -1.06. The zero-order chi connectivity index (χ0) is 21.4. The average Bonchev–Trinajstić information content (AvgIpc) is 2.86. The van der Waals surface area contributed by atoms with Crippen LogP contribution in [-0.4, -0.2) is 35.8 Å².